The fourth-order valence-corrected chi connectivity index (χ4v) is 6.05. The van der Waals surface area contributed by atoms with E-state index < -0.39 is 6.04 Å². The SMILES string of the molecule is CC(C)C(=O)N1[C@H](C)CN(Cc2ccccc2C2CCOCC2)C[C@@H]1C(=O)NCc1ccc(-c2ccco2)cc1. The lowest BCUT2D eigenvalue weighted by atomic mass is 9.88. The predicted molar refractivity (Wildman–Crippen MR) is 155 cm³/mol. The Balaban J connectivity index is 1.29. The predicted octanol–water partition coefficient (Wildman–Crippen LogP) is 5.21. The molecule has 0 radical (unpaired) electrons. The van der Waals surface area contributed by atoms with Crippen LogP contribution in [0.4, 0.5) is 0 Å². The fourth-order valence-electron chi connectivity index (χ4n) is 6.05. The quantitative estimate of drug-likeness (QED) is 0.422. The topological polar surface area (TPSA) is 75.0 Å². The van der Waals surface area contributed by atoms with Gasteiger partial charge >= 0.3 is 0 Å². The Morgan fingerprint density at radius 2 is 1.73 bits per heavy atom. The van der Waals surface area contributed by atoms with Crippen molar-refractivity contribution in [3.63, 3.8) is 0 Å². The molecule has 1 N–H and O–H groups in total. The van der Waals surface area contributed by atoms with E-state index in [4.69, 9.17) is 9.15 Å². The summed E-state index contributed by atoms with van der Waals surface area (Å²) in [4.78, 5) is 31.1. The van der Waals surface area contributed by atoms with E-state index >= 15 is 0 Å². The van der Waals surface area contributed by atoms with Crippen LogP contribution in [0.15, 0.2) is 71.3 Å². The van der Waals surface area contributed by atoms with Gasteiger partial charge < -0.3 is 19.4 Å². The summed E-state index contributed by atoms with van der Waals surface area (Å²) >= 11 is 0. The highest BCUT2D eigenvalue weighted by Gasteiger charge is 2.40. The van der Waals surface area contributed by atoms with E-state index in [2.05, 4.69) is 41.4 Å². The number of hydrogen-bond acceptors (Lipinski definition) is 5. The first-order chi connectivity index (χ1) is 19.4. The van der Waals surface area contributed by atoms with E-state index in [1.54, 1.807) is 6.26 Å². The zero-order valence-electron chi connectivity index (χ0n) is 23.8. The van der Waals surface area contributed by atoms with Crippen LogP contribution in [0.2, 0.25) is 0 Å². The maximum absolute atomic E-state index is 13.7. The van der Waals surface area contributed by atoms with Crippen LogP contribution in [0.3, 0.4) is 0 Å². The van der Waals surface area contributed by atoms with Crippen molar-refractivity contribution in [1.29, 1.82) is 0 Å². The Bertz CT molecular complexity index is 1270. The molecule has 2 fully saturated rings. The number of nitrogens with zero attached hydrogens (tertiary/aromatic N) is 2. The monoisotopic (exact) mass is 543 g/mol. The Kier molecular flexibility index (Phi) is 9.02. The lowest BCUT2D eigenvalue weighted by Gasteiger charge is -2.45. The van der Waals surface area contributed by atoms with Gasteiger partial charge in [-0.1, -0.05) is 62.4 Å². The molecule has 7 heteroatoms. The first kappa shape index (κ1) is 28.1. The second-order valence-electron chi connectivity index (χ2n) is 11.4. The van der Waals surface area contributed by atoms with Crippen LogP contribution in [0.25, 0.3) is 11.3 Å². The molecule has 2 saturated heterocycles. The van der Waals surface area contributed by atoms with E-state index in [0.717, 1.165) is 56.0 Å². The van der Waals surface area contributed by atoms with Gasteiger partial charge in [0, 0.05) is 56.9 Å². The smallest absolute Gasteiger partial charge is 0.244 e. The third-order valence-electron chi connectivity index (χ3n) is 8.15. The molecule has 2 aliphatic rings. The number of amides is 2. The molecule has 7 nitrogen and oxygen atoms in total. The molecular weight excluding hydrogens is 502 g/mol. The van der Waals surface area contributed by atoms with Crippen LogP contribution in [-0.4, -0.2) is 60.0 Å². The molecule has 0 unspecified atom stereocenters. The molecule has 1 aromatic heterocycles. The van der Waals surface area contributed by atoms with Gasteiger partial charge in [0.25, 0.3) is 0 Å². The standard InChI is InChI=1S/C33H41N3O4/c1-23(2)33(38)36-24(3)20-35(21-28-7-4-5-8-29(28)26-14-17-39-18-15-26)22-30(36)32(37)34-19-25-10-12-27(13-11-25)31-9-6-16-40-31/h4-13,16,23-24,26,30H,14-15,17-22H2,1-3H3,(H,34,37)/t24-,30-/m1/s1. The molecule has 2 aliphatic heterocycles. The highest BCUT2D eigenvalue weighted by atomic mass is 16.5. The molecule has 0 spiro atoms. The molecule has 212 valence electrons. The van der Waals surface area contributed by atoms with Gasteiger partial charge in [-0.3, -0.25) is 14.5 Å². The summed E-state index contributed by atoms with van der Waals surface area (Å²) in [6.45, 7) is 9.89. The van der Waals surface area contributed by atoms with E-state index in [1.165, 1.54) is 11.1 Å². The number of benzene rings is 2. The van der Waals surface area contributed by atoms with Gasteiger partial charge in [0.05, 0.1) is 6.26 Å². The van der Waals surface area contributed by atoms with Gasteiger partial charge in [-0.15, -0.1) is 0 Å². The number of carbonyl (C=O) groups excluding carboxylic acids is 2. The van der Waals surface area contributed by atoms with Crippen LogP contribution in [0, 0.1) is 5.92 Å². The second-order valence-corrected chi connectivity index (χ2v) is 11.4. The molecule has 0 bridgehead atoms. The van der Waals surface area contributed by atoms with Crippen molar-refractivity contribution >= 4 is 11.8 Å². The van der Waals surface area contributed by atoms with Gasteiger partial charge in [-0.2, -0.15) is 0 Å². The normalized spacial score (nSPS) is 20.6. The van der Waals surface area contributed by atoms with Crippen molar-refractivity contribution in [2.45, 2.75) is 64.7 Å². The summed E-state index contributed by atoms with van der Waals surface area (Å²) < 4.78 is 11.1. The molecule has 2 amide bonds. The number of nitrogens with one attached hydrogen (secondary N) is 1. The second kappa shape index (κ2) is 12.8. The average molecular weight is 544 g/mol. The maximum Gasteiger partial charge on any atom is 0.244 e. The molecule has 3 heterocycles. The number of furan rings is 1. The first-order valence-corrected chi connectivity index (χ1v) is 14.5. The van der Waals surface area contributed by atoms with Gasteiger partial charge in [0.1, 0.15) is 11.8 Å². The molecule has 40 heavy (non-hydrogen) atoms. The third-order valence-corrected chi connectivity index (χ3v) is 8.15. The van der Waals surface area contributed by atoms with Crippen LogP contribution >= 0.6 is 0 Å². The van der Waals surface area contributed by atoms with Gasteiger partial charge in [-0.25, -0.2) is 0 Å². The Morgan fingerprint density at radius 3 is 2.42 bits per heavy atom. The number of ether oxygens (including phenoxy) is 1. The number of hydrogen-bond donors (Lipinski definition) is 1. The number of rotatable bonds is 8. The van der Waals surface area contributed by atoms with Gasteiger partial charge in [0.15, 0.2) is 0 Å². The summed E-state index contributed by atoms with van der Waals surface area (Å²) in [7, 11) is 0. The fraction of sp³-hybridized carbons (Fsp3) is 0.455. The van der Waals surface area contributed by atoms with Crippen molar-refractivity contribution in [3.05, 3.63) is 83.6 Å². The van der Waals surface area contributed by atoms with E-state index in [0.29, 0.717) is 19.0 Å². The average Bonchev–Trinajstić information content (AvgIpc) is 3.51. The van der Waals surface area contributed by atoms with E-state index in [9.17, 15) is 9.59 Å². The van der Waals surface area contributed by atoms with Crippen LogP contribution in [0.5, 0.6) is 0 Å². The molecule has 3 aromatic rings. The van der Waals surface area contributed by atoms with Crippen molar-refractivity contribution in [2.24, 2.45) is 5.92 Å². The summed E-state index contributed by atoms with van der Waals surface area (Å²) in [5.41, 5.74) is 4.68. The molecule has 2 aromatic carbocycles. The molecule has 0 saturated carbocycles. The largest absolute Gasteiger partial charge is 0.464 e. The minimum atomic E-state index is -0.545. The Labute approximate surface area is 237 Å². The maximum atomic E-state index is 13.7. The van der Waals surface area contributed by atoms with Crippen molar-refractivity contribution in [1.82, 2.24) is 15.1 Å². The zero-order valence-corrected chi connectivity index (χ0v) is 23.8. The van der Waals surface area contributed by atoms with Crippen molar-refractivity contribution < 1.29 is 18.7 Å². The highest BCUT2D eigenvalue weighted by Crippen LogP contribution is 2.31. The van der Waals surface area contributed by atoms with E-state index in [-0.39, 0.29) is 23.8 Å². The van der Waals surface area contributed by atoms with Crippen molar-refractivity contribution in [2.75, 3.05) is 26.3 Å². The van der Waals surface area contributed by atoms with Gasteiger partial charge in [-0.05, 0) is 54.5 Å². The Hall–Kier alpha value is -3.42. The van der Waals surface area contributed by atoms with Gasteiger partial charge in [0.2, 0.25) is 11.8 Å². The first-order valence-electron chi connectivity index (χ1n) is 14.5. The highest BCUT2D eigenvalue weighted by molar-refractivity contribution is 5.89. The lowest BCUT2D eigenvalue weighted by molar-refractivity contribution is -0.150. The van der Waals surface area contributed by atoms with Crippen molar-refractivity contribution in [3.8, 4) is 11.3 Å². The van der Waals surface area contributed by atoms with E-state index in [1.807, 2.05) is 55.1 Å². The zero-order chi connectivity index (χ0) is 28.1. The van der Waals surface area contributed by atoms with Crippen LogP contribution in [0.1, 0.15) is 56.2 Å². The summed E-state index contributed by atoms with van der Waals surface area (Å²) in [5.74, 6) is 1.06. The molecule has 5 rings (SSSR count). The molecular formula is C33H41N3O4. The van der Waals surface area contributed by atoms with Crippen LogP contribution < -0.4 is 5.32 Å². The Morgan fingerprint density at radius 1 is 0.975 bits per heavy atom. The summed E-state index contributed by atoms with van der Waals surface area (Å²) in [6, 6.07) is 19.8. The minimum Gasteiger partial charge on any atom is -0.464 e. The van der Waals surface area contributed by atoms with Crippen LogP contribution in [-0.2, 0) is 27.4 Å². The lowest BCUT2D eigenvalue weighted by Crippen LogP contribution is -2.64. The summed E-state index contributed by atoms with van der Waals surface area (Å²) in [5, 5.41) is 3.12. The third kappa shape index (κ3) is 6.48. The molecule has 0 aliphatic carbocycles. The summed E-state index contributed by atoms with van der Waals surface area (Å²) in [6.07, 6.45) is 3.74. The molecule has 2 atom stereocenters. The number of piperazine rings is 1. The number of carbonyl (C=O) groups is 2. The minimum absolute atomic E-state index is 0.0257.